The Labute approximate surface area is 98.0 Å². The summed E-state index contributed by atoms with van der Waals surface area (Å²) < 4.78 is 43.1. The van der Waals surface area contributed by atoms with Crippen LogP contribution < -0.4 is 0 Å². The van der Waals surface area contributed by atoms with Gasteiger partial charge in [0, 0.05) is 26.0 Å². The second-order valence-corrected chi connectivity index (χ2v) is 3.82. The predicted octanol–water partition coefficient (Wildman–Crippen LogP) is 1.52. The van der Waals surface area contributed by atoms with Crippen molar-refractivity contribution in [2.45, 2.75) is 19.3 Å². The summed E-state index contributed by atoms with van der Waals surface area (Å²) in [5.74, 6) is 0.605. The minimum Gasteiger partial charge on any atom is -0.383 e. The molecule has 0 aromatic carbocycles. The lowest BCUT2D eigenvalue weighted by Crippen LogP contribution is -2.31. The zero-order valence-corrected chi connectivity index (χ0v) is 9.87. The Bertz CT molecular complexity index is 338. The number of aromatic nitrogens is 2. The van der Waals surface area contributed by atoms with E-state index in [4.69, 9.17) is 4.74 Å². The van der Waals surface area contributed by atoms with Crippen molar-refractivity contribution in [1.82, 2.24) is 14.5 Å². The van der Waals surface area contributed by atoms with Crippen LogP contribution in [0.2, 0.25) is 0 Å². The van der Waals surface area contributed by atoms with Crippen LogP contribution in [0.3, 0.4) is 0 Å². The van der Waals surface area contributed by atoms with Crippen molar-refractivity contribution >= 4 is 0 Å². The minimum absolute atomic E-state index is 0.163. The molecule has 17 heavy (non-hydrogen) atoms. The maximum absolute atomic E-state index is 12.1. The lowest BCUT2D eigenvalue weighted by molar-refractivity contribution is -0.144. The van der Waals surface area contributed by atoms with E-state index in [0.717, 1.165) is 0 Å². The monoisotopic (exact) mass is 251 g/mol. The highest BCUT2D eigenvalue weighted by molar-refractivity contribution is 4.92. The van der Waals surface area contributed by atoms with Crippen LogP contribution in [0.15, 0.2) is 12.4 Å². The Morgan fingerprint density at radius 3 is 2.76 bits per heavy atom. The first-order chi connectivity index (χ1) is 7.92. The number of alkyl halides is 3. The third-order valence-corrected chi connectivity index (χ3v) is 2.20. The van der Waals surface area contributed by atoms with E-state index in [9.17, 15) is 13.2 Å². The molecule has 1 aromatic rings. The molecule has 0 N–H and O–H groups in total. The Balaban J connectivity index is 2.53. The zero-order chi connectivity index (χ0) is 12.9. The van der Waals surface area contributed by atoms with E-state index in [1.165, 1.54) is 11.9 Å². The van der Waals surface area contributed by atoms with Crippen LogP contribution in [0.25, 0.3) is 0 Å². The summed E-state index contributed by atoms with van der Waals surface area (Å²) >= 11 is 0. The van der Waals surface area contributed by atoms with Gasteiger partial charge < -0.3 is 9.30 Å². The first-order valence-electron chi connectivity index (χ1n) is 5.16. The second kappa shape index (κ2) is 6.02. The van der Waals surface area contributed by atoms with Gasteiger partial charge in [0.05, 0.1) is 19.7 Å². The summed E-state index contributed by atoms with van der Waals surface area (Å²) in [6, 6.07) is 0. The maximum atomic E-state index is 12.1. The highest BCUT2D eigenvalue weighted by Crippen LogP contribution is 2.16. The summed E-state index contributed by atoms with van der Waals surface area (Å²) in [7, 11) is 3.00. The Hall–Kier alpha value is -1.08. The van der Waals surface area contributed by atoms with Gasteiger partial charge in [-0.2, -0.15) is 13.2 Å². The molecule has 0 saturated heterocycles. The van der Waals surface area contributed by atoms with Crippen LogP contribution in [-0.4, -0.2) is 47.9 Å². The maximum Gasteiger partial charge on any atom is 0.401 e. The first kappa shape index (κ1) is 14.0. The molecule has 0 atom stereocenters. The molecule has 0 fully saturated rings. The second-order valence-electron chi connectivity index (χ2n) is 3.82. The molecular formula is C10H16F3N3O. The summed E-state index contributed by atoms with van der Waals surface area (Å²) in [5.41, 5.74) is 0. The Morgan fingerprint density at radius 2 is 2.18 bits per heavy atom. The molecule has 1 rings (SSSR count). The van der Waals surface area contributed by atoms with Crippen LogP contribution in [0, 0.1) is 0 Å². The van der Waals surface area contributed by atoms with Crippen molar-refractivity contribution in [1.29, 1.82) is 0 Å². The summed E-state index contributed by atoms with van der Waals surface area (Å²) in [4.78, 5) is 5.22. The summed E-state index contributed by atoms with van der Waals surface area (Å²) in [6.07, 6.45) is -0.874. The fraction of sp³-hybridized carbons (Fsp3) is 0.700. The number of hydrogen-bond acceptors (Lipinski definition) is 3. The summed E-state index contributed by atoms with van der Waals surface area (Å²) in [5, 5.41) is 0. The largest absolute Gasteiger partial charge is 0.401 e. The van der Waals surface area contributed by atoms with Crippen LogP contribution in [0.5, 0.6) is 0 Å². The smallest absolute Gasteiger partial charge is 0.383 e. The van der Waals surface area contributed by atoms with E-state index in [-0.39, 0.29) is 6.54 Å². The molecule has 1 heterocycles. The molecule has 98 valence electrons. The normalized spacial score (nSPS) is 12.4. The molecule has 7 heteroatoms. The van der Waals surface area contributed by atoms with Crippen LogP contribution in [-0.2, 0) is 17.8 Å². The van der Waals surface area contributed by atoms with E-state index < -0.39 is 12.7 Å². The SMILES string of the molecule is COCCn1ccnc1CN(C)CC(F)(F)F. The van der Waals surface area contributed by atoms with Crippen LogP contribution in [0.4, 0.5) is 13.2 Å². The average molecular weight is 251 g/mol. The van der Waals surface area contributed by atoms with Crippen LogP contribution >= 0.6 is 0 Å². The van der Waals surface area contributed by atoms with Crippen molar-refractivity contribution in [3.63, 3.8) is 0 Å². The highest BCUT2D eigenvalue weighted by atomic mass is 19.4. The number of rotatable bonds is 6. The van der Waals surface area contributed by atoms with Gasteiger partial charge in [-0.05, 0) is 7.05 Å². The van der Waals surface area contributed by atoms with Gasteiger partial charge in [-0.1, -0.05) is 0 Å². The Morgan fingerprint density at radius 1 is 1.47 bits per heavy atom. The third-order valence-electron chi connectivity index (χ3n) is 2.20. The minimum atomic E-state index is -4.18. The lowest BCUT2D eigenvalue weighted by Gasteiger charge is -2.18. The van der Waals surface area contributed by atoms with Gasteiger partial charge in [0.1, 0.15) is 5.82 Å². The van der Waals surface area contributed by atoms with E-state index in [1.54, 1.807) is 24.1 Å². The topological polar surface area (TPSA) is 30.3 Å². The fourth-order valence-corrected chi connectivity index (χ4v) is 1.49. The van der Waals surface area contributed by atoms with Crippen molar-refractivity contribution in [2.75, 3.05) is 27.3 Å². The number of hydrogen-bond donors (Lipinski definition) is 0. The number of ether oxygens (including phenoxy) is 1. The number of imidazole rings is 1. The molecule has 4 nitrogen and oxygen atoms in total. The highest BCUT2D eigenvalue weighted by Gasteiger charge is 2.29. The van der Waals surface area contributed by atoms with E-state index in [2.05, 4.69) is 4.98 Å². The standard InChI is InChI=1S/C10H16F3N3O/c1-15(8-10(11,12)13)7-9-14-3-4-16(9)5-6-17-2/h3-4H,5-8H2,1-2H3. The van der Waals surface area contributed by atoms with Gasteiger partial charge in [-0.15, -0.1) is 0 Å². The average Bonchev–Trinajstić information content (AvgIpc) is 2.59. The van der Waals surface area contributed by atoms with Gasteiger partial charge in [0.2, 0.25) is 0 Å². The molecule has 0 radical (unpaired) electrons. The van der Waals surface area contributed by atoms with E-state index >= 15 is 0 Å². The zero-order valence-electron chi connectivity index (χ0n) is 9.87. The molecule has 0 aliphatic carbocycles. The molecular weight excluding hydrogens is 235 g/mol. The number of nitrogens with zero attached hydrogens (tertiary/aromatic N) is 3. The van der Waals surface area contributed by atoms with Crippen LogP contribution in [0.1, 0.15) is 5.82 Å². The Kier molecular flexibility index (Phi) is 4.95. The molecule has 0 spiro atoms. The molecule has 0 aliphatic rings. The number of methoxy groups -OCH3 is 1. The molecule has 0 aliphatic heterocycles. The molecule has 0 bridgehead atoms. The van der Waals surface area contributed by atoms with Crippen molar-refractivity contribution in [3.05, 3.63) is 18.2 Å². The molecule has 0 saturated carbocycles. The quantitative estimate of drug-likeness (QED) is 0.768. The fourth-order valence-electron chi connectivity index (χ4n) is 1.49. The van der Waals surface area contributed by atoms with Crippen molar-refractivity contribution in [3.8, 4) is 0 Å². The van der Waals surface area contributed by atoms with Crippen molar-refractivity contribution in [2.24, 2.45) is 0 Å². The van der Waals surface area contributed by atoms with E-state index in [0.29, 0.717) is 19.0 Å². The van der Waals surface area contributed by atoms with Gasteiger partial charge in [-0.25, -0.2) is 4.98 Å². The molecule has 0 amide bonds. The lowest BCUT2D eigenvalue weighted by atomic mass is 10.4. The first-order valence-corrected chi connectivity index (χ1v) is 5.16. The van der Waals surface area contributed by atoms with Gasteiger partial charge in [-0.3, -0.25) is 4.90 Å². The molecule has 1 aromatic heterocycles. The van der Waals surface area contributed by atoms with Crippen molar-refractivity contribution < 1.29 is 17.9 Å². The van der Waals surface area contributed by atoms with Gasteiger partial charge >= 0.3 is 6.18 Å². The van der Waals surface area contributed by atoms with Gasteiger partial charge in [0.25, 0.3) is 0 Å². The third kappa shape index (κ3) is 5.18. The number of halogens is 3. The summed E-state index contributed by atoms with van der Waals surface area (Å²) in [6.45, 7) is 0.318. The molecule has 0 unspecified atom stereocenters. The van der Waals surface area contributed by atoms with E-state index in [1.807, 2.05) is 0 Å². The van der Waals surface area contributed by atoms with Gasteiger partial charge in [0.15, 0.2) is 0 Å². The predicted molar refractivity (Wildman–Crippen MR) is 56.5 cm³/mol.